The van der Waals surface area contributed by atoms with Crippen molar-refractivity contribution in [1.82, 2.24) is 0 Å². The molecule has 16 heavy (non-hydrogen) atoms. The second-order valence-electron chi connectivity index (χ2n) is 4.23. The third-order valence-electron chi connectivity index (χ3n) is 2.91. The smallest absolute Gasteiger partial charge is 0.142 e. The molecule has 0 radical (unpaired) electrons. The summed E-state index contributed by atoms with van der Waals surface area (Å²) in [4.78, 5) is 0. The first-order chi connectivity index (χ1) is 7.65. The number of halogens is 1. The summed E-state index contributed by atoms with van der Waals surface area (Å²) in [6, 6.07) is 5.25. The van der Waals surface area contributed by atoms with Crippen molar-refractivity contribution in [1.29, 1.82) is 0 Å². The highest BCUT2D eigenvalue weighted by Gasteiger charge is 2.21. The number of hydrogen-bond donors (Lipinski definition) is 2. The molecule has 0 aliphatic heterocycles. The molecule has 3 N–H and O–H groups in total. The summed E-state index contributed by atoms with van der Waals surface area (Å²) in [6.45, 7) is 0. The first kappa shape index (κ1) is 11.6. The highest BCUT2D eigenvalue weighted by atomic mass is 35.5. The van der Waals surface area contributed by atoms with Gasteiger partial charge in [-0.3, -0.25) is 0 Å². The molecular weight excluding hydrogens is 226 g/mol. The molecule has 3 nitrogen and oxygen atoms in total. The van der Waals surface area contributed by atoms with Crippen molar-refractivity contribution in [2.45, 2.75) is 37.9 Å². The average Bonchev–Trinajstić information content (AvgIpc) is 2.25. The monoisotopic (exact) mass is 241 g/mol. The van der Waals surface area contributed by atoms with Gasteiger partial charge in [0.05, 0.1) is 17.9 Å². The van der Waals surface area contributed by atoms with Gasteiger partial charge in [-0.2, -0.15) is 0 Å². The van der Waals surface area contributed by atoms with Gasteiger partial charge >= 0.3 is 0 Å². The third-order valence-corrected chi connectivity index (χ3v) is 3.14. The van der Waals surface area contributed by atoms with E-state index in [2.05, 4.69) is 0 Å². The zero-order valence-corrected chi connectivity index (χ0v) is 9.78. The van der Waals surface area contributed by atoms with Crippen LogP contribution in [0.15, 0.2) is 18.2 Å². The molecule has 4 heteroatoms. The van der Waals surface area contributed by atoms with Gasteiger partial charge in [0.25, 0.3) is 0 Å². The van der Waals surface area contributed by atoms with Crippen molar-refractivity contribution in [3.05, 3.63) is 23.2 Å². The maximum atomic E-state index is 9.39. The molecule has 0 heterocycles. The minimum Gasteiger partial charge on any atom is -0.488 e. The Hall–Kier alpha value is -0.930. The molecule has 1 fully saturated rings. The quantitative estimate of drug-likeness (QED) is 0.783. The van der Waals surface area contributed by atoms with Gasteiger partial charge in [-0.15, -0.1) is 0 Å². The van der Waals surface area contributed by atoms with Crippen molar-refractivity contribution >= 4 is 17.3 Å². The van der Waals surface area contributed by atoms with Gasteiger partial charge in [-0.1, -0.05) is 11.6 Å². The average molecular weight is 242 g/mol. The lowest BCUT2D eigenvalue weighted by molar-refractivity contribution is 0.0669. The minimum absolute atomic E-state index is 0.159. The molecule has 1 aliphatic rings. The Kier molecular flexibility index (Phi) is 3.56. The molecule has 0 bridgehead atoms. The second kappa shape index (κ2) is 4.93. The summed E-state index contributed by atoms with van der Waals surface area (Å²) >= 11 is 5.81. The van der Waals surface area contributed by atoms with E-state index < -0.39 is 0 Å². The van der Waals surface area contributed by atoms with E-state index in [1.807, 2.05) is 0 Å². The fourth-order valence-corrected chi connectivity index (χ4v) is 2.15. The number of aliphatic hydroxyl groups excluding tert-OH is 1. The number of nitrogens with two attached hydrogens (primary N) is 1. The van der Waals surface area contributed by atoms with Gasteiger partial charge in [0.2, 0.25) is 0 Å². The van der Waals surface area contributed by atoms with E-state index in [4.69, 9.17) is 22.1 Å². The van der Waals surface area contributed by atoms with Crippen molar-refractivity contribution in [3.63, 3.8) is 0 Å². The molecule has 0 amide bonds. The largest absolute Gasteiger partial charge is 0.488 e. The Morgan fingerprint density at radius 3 is 2.56 bits per heavy atom. The number of anilines is 1. The first-order valence-electron chi connectivity index (χ1n) is 5.55. The highest BCUT2D eigenvalue weighted by molar-refractivity contribution is 6.30. The third kappa shape index (κ3) is 2.80. The van der Waals surface area contributed by atoms with E-state index >= 15 is 0 Å². The van der Waals surface area contributed by atoms with Crippen LogP contribution in [0, 0.1) is 0 Å². The molecule has 0 unspecified atom stereocenters. The molecule has 1 aromatic rings. The van der Waals surface area contributed by atoms with Crippen molar-refractivity contribution in [2.24, 2.45) is 0 Å². The standard InChI is InChI=1S/C12H16ClNO2/c13-8-1-6-12(11(14)7-8)16-10-4-2-9(15)3-5-10/h1,6-7,9-10,15H,2-5,14H2. The Morgan fingerprint density at radius 1 is 1.25 bits per heavy atom. The molecule has 0 atom stereocenters. The zero-order chi connectivity index (χ0) is 11.5. The van der Waals surface area contributed by atoms with Gasteiger partial charge in [-0.05, 0) is 43.9 Å². The highest BCUT2D eigenvalue weighted by Crippen LogP contribution is 2.29. The number of benzene rings is 1. The maximum absolute atomic E-state index is 9.39. The summed E-state index contributed by atoms with van der Waals surface area (Å²) in [7, 11) is 0. The van der Waals surface area contributed by atoms with Crippen LogP contribution in [0.2, 0.25) is 5.02 Å². The number of ether oxygens (including phenoxy) is 1. The van der Waals surface area contributed by atoms with Gasteiger partial charge in [0, 0.05) is 5.02 Å². The van der Waals surface area contributed by atoms with Crippen LogP contribution in [0.3, 0.4) is 0 Å². The van der Waals surface area contributed by atoms with Crippen LogP contribution in [-0.4, -0.2) is 17.3 Å². The lowest BCUT2D eigenvalue weighted by atomic mass is 9.95. The lowest BCUT2D eigenvalue weighted by Crippen LogP contribution is -2.26. The molecule has 0 saturated heterocycles. The molecule has 1 aliphatic carbocycles. The number of aliphatic hydroxyl groups is 1. The SMILES string of the molecule is Nc1cc(Cl)ccc1OC1CCC(O)CC1. The predicted molar refractivity (Wildman–Crippen MR) is 64.8 cm³/mol. The summed E-state index contributed by atoms with van der Waals surface area (Å²) in [5.41, 5.74) is 6.38. The van der Waals surface area contributed by atoms with E-state index in [9.17, 15) is 5.11 Å². The molecule has 1 saturated carbocycles. The van der Waals surface area contributed by atoms with Gasteiger partial charge < -0.3 is 15.6 Å². The maximum Gasteiger partial charge on any atom is 0.142 e. The Balaban J connectivity index is 1.98. The van der Waals surface area contributed by atoms with E-state index in [0.29, 0.717) is 16.5 Å². The van der Waals surface area contributed by atoms with E-state index in [1.54, 1.807) is 18.2 Å². The molecular formula is C12H16ClNO2. The zero-order valence-electron chi connectivity index (χ0n) is 9.03. The van der Waals surface area contributed by atoms with Gasteiger partial charge in [0.15, 0.2) is 0 Å². The van der Waals surface area contributed by atoms with E-state index in [-0.39, 0.29) is 12.2 Å². The van der Waals surface area contributed by atoms with Gasteiger partial charge in [-0.25, -0.2) is 0 Å². The molecule has 1 aromatic carbocycles. The molecule has 0 aromatic heterocycles. The lowest BCUT2D eigenvalue weighted by Gasteiger charge is -2.26. The summed E-state index contributed by atoms with van der Waals surface area (Å²) in [5, 5.41) is 10.0. The summed E-state index contributed by atoms with van der Waals surface area (Å²) < 4.78 is 5.79. The van der Waals surface area contributed by atoms with Crippen LogP contribution >= 0.6 is 11.6 Å². The predicted octanol–water partition coefficient (Wildman–Crippen LogP) is 2.60. The fourth-order valence-electron chi connectivity index (χ4n) is 1.97. The normalized spacial score (nSPS) is 25.4. The Bertz CT molecular complexity index is 362. The van der Waals surface area contributed by atoms with Crippen LogP contribution in [-0.2, 0) is 0 Å². The van der Waals surface area contributed by atoms with Crippen LogP contribution in [0.5, 0.6) is 5.75 Å². The van der Waals surface area contributed by atoms with Crippen molar-refractivity contribution in [2.75, 3.05) is 5.73 Å². The second-order valence-corrected chi connectivity index (χ2v) is 4.67. The van der Waals surface area contributed by atoms with Gasteiger partial charge in [0.1, 0.15) is 5.75 Å². The molecule has 2 rings (SSSR count). The minimum atomic E-state index is -0.164. The van der Waals surface area contributed by atoms with E-state index in [1.165, 1.54) is 0 Å². The fraction of sp³-hybridized carbons (Fsp3) is 0.500. The Labute approximate surface area is 100 Å². The summed E-state index contributed by atoms with van der Waals surface area (Å²) in [5.74, 6) is 0.686. The summed E-state index contributed by atoms with van der Waals surface area (Å²) in [6.07, 6.45) is 3.36. The van der Waals surface area contributed by atoms with Crippen LogP contribution in [0.1, 0.15) is 25.7 Å². The first-order valence-corrected chi connectivity index (χ1v) is 5.92. The van der Waals surface area contributed by atoms with Crippen molar-refractivity contribution < 1.29 is 9.84 Å². The molecule has 0 spiro atoms. The topological polar surface area (TPSA) is 55.5 Å². The van der Waals surface area contributed by atoms with E-state index in [0.717, 1.165) is 25.7 Å². The number of hydrogen-bond acceptors (Lipinski definition) is 3. The van der Waals surface area contributed by atoms with Crippen LogP contribution < -0.4 is 10.5 Å². The Morgan fingerprint density at radius 2 is 1.94 bits per heavy atom. The number of rotatable bonds is 2. The van der Waals surface area contributed by atoms with Crippen LogP contribution in [0.4, 0.5) is 5.69 Å². The van der Waals surface area contributed by atoms with Crippen molar-refractivity contribution in [3.8, 4) is 5.75 Å². The number of nitrogen functional groups attached to an aromatic ring is 1. The van der Waals surface area contributed by atoms with Crippen LogP contribution in [0.25, 0.3) is 0 Å². The molecule has 88 valence electrons.